The van der Waals surface area contributed by atoms with Crippen molar-refractivity contribution in [2.45, 2.75) is 19.4 Å². The summed E-state index contributed by atoms with van der Waals surface area (Å²) in [7, 11) is 0. The molecule has 0 saturated carbocycles. The van der Waals surface area contributed by atoms with Crippen molar-refractivity contribution in [3.05, 3.63) is 0 Å². The van der Waals surface area contributed by atoms with Gasteiger partial charge in [-0.3, -0.25) is 0 Å². The number of hydrogen-bond donors (Lipinski definition) is 2. The molecule has 0 bridgehead atoms. The molecule has 0 aliphatic rings. The first-order valence-corrected chi connectivity index (χ1v) is 2.10. The second-order valence-electron chi connectivity index (χ2n) is 1.24. The minimum absolute atomic E-state index is 0. The van der Waals surface area contributed by atoms with Gasteiger partial charge in [0.15, 0.2) is 0 Å². The van der Waals surface area contributed by atoms with Crippen LogP contribution in [0.3, 0.4) is 0 Å². The molecule has 0 aromatic carbocycles. The van der Waals surface area contributed by atoms with Gasteiger partial charge in [-0.1, -0.05) is 6.92 Å². The van der Waals surface area contributed by atoms with Gasteiger partial charge in [0.2, 0.25) is 0 Å². The molecule has 7 heavy (non-hydrogen) atoms. The van der Waals surface area contributed by atoms with E-state index in [1.807, 2.05) is 6.92 Å². The summed E-state index contributed by atoms with van der Waals surface area (Å²) in [5.74, 6) is 0. The zero-order chi connectivity index (χ0) is 4.99. The molecule has 0 aromatic rings. The van der Waals surface area contributed by atoms with E-state index in [4.69, 9.17) is 10.2 Å². The van der Waals surface area contributed by atoms with Gasteiger partial charge in [-0.25, -0.2) is 0 Å². The van der Waals surface area contributed by atoms with E-state index in [1.165, 1.54) is 0 Å². The lowest BCUT2D eigenvalue weighted by molar-refractivity contribution is 0.0923. The average Bonchev–Trinajstić information content (AvgIpc) is 1.65. The third-order valence-electron chi connectivity index (χ3n) is 0.682. The molecule has 0 aromatic heterocycles. The molecule has 0 heterocycles. The Morgan fingerprint density at radius 2 is 2.00 bits per heavy atom. The molecule has 3 heteroatoms. The van der Waals surface area contributed by atoms with Crippen LogP contribution in [0.4, 0.5) is 0 Å². The SMILES string of the molecule is CCC(O)CO.S. The Bertz CT molecular complexity index is 28.9. The summed E-state index contributed by atoms with van der Waals surface area (Å²) in [5, 5.41) is 16.5. The molecule has 2 N–H and O–H groups in total. The Morgan fingerprint density at radius 1 is 1.57 bits per heavy atom. The summed E-state index contributed by atoms with van der Waals surface area (Å²) in [6.45, 7) is 1.71. The summed E-state index contributed by atoms with van der Waals surface area (Å²) < 4.78 is 0. The molecule has 0 saturated heterocycles. The molecule has 0 aliphatic carbocycles. The molecule has 0 spiro atoms. The van der Waals surface area contributed by atoms with Gasteiger partial charge in [-0.05, 0) is 6.42 Å². The van der Waals surface area contributed by atoms with E-state index in [9.17, 15) is 0 Å². The first kappa shape index (κ1) is 10.3. The van der Waals surface area contributed by atoms with Crippen LogP contribution in [0.2, 0.25) is 0 Å². The van der Waals surface area contributed by atoms with Crippen LogP contribution in [0, 0.1) is 0 Å². The predicted molar refractivity (Wildman–Crippen MR) is 33.8 cm³/mol. The molecule has 0 radical (unpaired) electrons. The van der Waals surface area contributed by atoms with Crippen molar-refractivity contribution >= 4 is 13.5 Å². The van der Waals surface area contributed by atoms with E-state index in [0.29, 0.717) is 6.42 Å². The van der Waals surface area contributed by atoms with Gasteiger partial charge in [-0.2, -0.15) is 13.5 Å². The molecule has 0 rings (SSSR count). The number of hydrogen-bond acceptors (Lipinski definition) is 2. The van der Waals surface area contributed by atoms with E-state index in [1.54, 1.807) is 0 Å². The van der Waals surface area contributed by atoms with Gasteiger partial charge < -0.3 is 10.2 Å². The molecule has 0 fully saturated rings. The van der Waals surface area contributed by atoms with E-state index in [2.05, 4.69) is 0 Å². The third kappa shape index (κ3) is 6.27. The van der Waals surface area contributed by atoms with Crippen molar-refractivity contribution in [2.24, 2.45) is 0 Å². The van der Waals surface area contributed by atoms with Crippen molar-refractivity contribution in [3.8, 4) is 0 Å². The van der Waals surface area contributed by atoms with Crippen LogP contribution in [-0.2, 0) is 0 Å². The molecular weight excluding hydrogens is 112 g/mol. The summed E-state index contributed by atoms with van der Waals surface area (Å²) in [4.78, 5) is 0. The van der Waals surface area contributed by atoms with Crippen LogP contribution in [0.1, 0.15) is 13.3 Å². The third-order valence-corrected chi connectivity index (χ3v) is 0.682. The fourth-order valence-electron chi connectivity index (χ4n) is 0.129. The molecule has 0 amide bonds. The topological polar surface area (TPSA) is 40.5 Å². The highest BCUT2D eigenvalue weighted by Crippen LogP contribution is 1.83. The van der Waals surface area contributed by atoms with Gasteiger partial charge in [0.25, 0.3) is 0 Å². The summed E-state index contributed by atoms with van der Waals surface area (Å²) in [6.07, 6.45) is 0.126. The molecule has 2 nitrogen and oxygen atoms in total. The molecule has 46 valence electrons. The van der Waals surface area contributed by atoms with Gasteiger partial charge in [0.05, 0.1) is 12.7 Å². The van der Waals surface area contributed by atoms with Crippen LogP contribution in [0.25, 0.3) is 0 Å². The van der Waals surface area contributed by atoms with Crippen LogP contribution < -0.4 is 0 Å². The lowest BCUT2D eigenvalue weighted by Gasteiger charge is -1.97. The van der Waals surface area contributed by atoms with Crippen molar-refractivity contribution in [3.63, 3.8) is 0 Å². The standard InChI is InChI=1S/C4H10O2.H2S/c1-2-4(6)3-5;/h4-6H,2-3H2,1H3;1H2. The normalized spacial score (nSPS) is 12.4. The van der Waals surface area contributed by atoms with E-state index in [-0.39, 0.29) is 20.1 Å². The van der Waals surface area contributed by atoms with Gasteiger partial charge >= 0.3 is 0 Å². The van der Waals surface area contributed by atoms with E-state index >= 15 is 0 Å². The van der Waals surface area contributed by atoms with Crippen LogP contribution in [0.15, 0.2) is 0 Å². The van der Waals surface area contributed by atoms with Crippen molar-refractivity contribution in [1.82, 2.24) is 0 Å². The van der Waals surface area contributed by atoms with Gasteiger partial charge in [0, 0.05) is 0 Å². The monoisotopic (exact) mass is 124 g/mol. The van der Waals surface area contributed by atoms with Gasteiger partial charge in [0.1, 0.15) is 0 Å². The highest BCUT2D eigenvalue weighted by Gasteiger charge is 1.92. The Kier molecular flexibility index (Phi) is 9.22. The second kappa shape index (κ2) is 6.27. The van der Waals surface area contributed by atoms with Crippen LogP contribution in [0.5, 0.6) is 0 Å². The highest BCUT2D eigenvalue weighted by molar-refractivity contribution is 7.59. The number of rotatable bonds is 2. The molecule has 0 aliphatic heterocycles. The minimum Gasteiger partial charge on any atom is -0.394 e. The maximum absolute atomic E-state index is 8.42. The first-order valence-electron chi connectivity index (χ1n) is 2.10. The highest BCUT2D eigenvalue weighted by atomic mass is 32.1. The number of aliphatic hydroxyl groups excluding tert-OH is 2. The van der Waals surface area contributed by atoms with Crippen molar-refractivity contribution < 1.29 is 10.2 Å². The quantitative estimate of drug-likeness (QED) is 0.538. The summed E-state index contributed by atoms with van der Waals surface area (Å²) in [5.41, 5.74) is 0. The average molecular weight is 124 g/mol. The largest absolute Gasteiger partial charge is 0.394 e. The molecular formula is C4H12O2S. The van der Waals surface area contributed by atoms with E-state index < -0.39 is 6.10 Å². The zero-order valence-corrected chi connectivity index (χ0v) is 5.39. The maximum atomic E-state index is 8.42. The lowest BCUT2D eigenvalue weighted by atomic mass is 10.3. The lowest BCUT2D eigenvalue weighted by Crippen LogP contribution is -2.08. The fourth-order valence-corrected chi connectivity index (χ4v) is 0.129. The zero-order valence-electron chi connectivity index (χ0n) is 4.39. The van der Waals surface area contributed by atoms with Gasteiger partial charge in [-0.15, -0.1) is 0 Å². The first-order chi connectivity index (χ1) is 2.81. The Labute approximate surface area is 50.6 Å². The summed E-state index contributed by atoms with van der Waals surface area (Å²) in [6, 6.07) is 0. The summed E-state index contributed by atoms with van der Waals surface area (Å²) >= 11 is 0. The Balaban J connectivity index is 0. The predicted octanol–water partition coefficient (Wildman–Crippen LogP) is -0.138. The smallest absolute Gasteiger partial charge is 0.0768 e. The maximum Gasteiger partial charge on any atom is 0.0768 e. The fraction of sp³-hybridized carbons (Fsp3) is 1.00. The van der Waals surface area contributed by atoms with Crippen LogP contribution >= 0.6 is 13.5 Å². The molecule has 1 atom stereocenters. The Morgan fingerprint density at radius 3 is 2.00 bits per heavy atom. The Hall–Kier alpha value is 0.270. The number of aliphatic hydroxyl groups is 2. The molecule has 1 unspecified atom stereocenters. The van der Waals surface area contributed by atoms with Crippen LogP contribution in [-0.4, -0.2) is 22.9 Å². The van der Waals surface area contributed by atoms with Crippen molar-refractivity contribution in [1.29, 1.82) is 0 Å². The van der Waals surface area contributed by atoms with Crippen molar-refractivity contribution in [2.75, 3.05) is 6.61 Å². The minimum atomic E-state index is -0.509. The second-order valence-corrected chi connectivity index (χ2v) is 1.24. The van der Waals surface area contributed by atoms with E-state index in [0.717, 1.165) is 0 Å².